The van der Waals surface area contributed by atoms with Crippen LogP contribution in [0, 0.1) is 0 Å². The first-order chi connectivity index (χ1) is 9.19. The third kappa shape index (κ3) is 8.54. The SMILES string of the molecule is CCCCC(=C=O)CC(=O)N(CCOC)CCOC. The van der Waals surface area contributed by atoms with Crippen LogP contribution in [0.15, 0.2) is 5.57 Å². The van der Waals surface area contributed by atoms with Crippen LogP contribution < -0.4 is 0 Å². The Morgan fingerprint density at radius 3 is 2.16 bits per heavy atom. The third-order valence-electron chi connectivity index (χ3n) is 2.82. The molecule has 0 N–H and O–H groups in total. The summed E-state index contributed by atoms with van der Waals surface area (Å²) >= 11 is 0. The fourth-order valence-corrected chi connectivity index (χ4v) is 1.62. The first-order valence-corrected chi connectivity index (χ1v) is 6.68. The smallest absolute Gasteiger partial charge is 0.227 e. The molecule has 0 aromatic heterocycles. The van der Waals surface area contributed by atoms with Crippen LogP contribution in [-0.4, -0.2) is 57.3 Å². The molecule has 0 aromatic carbocycles. The van der Waals surface area contributed by atoms with Crippen LogP contribution in [0.2, 0.25) is 0 Å². The van der Waals surface area contributed by atoms with Gasteiger partial charge in [-0.2, -0.15) is 0 Å². The van der Waals surface area contributed by atoms with Gasteiger partial charge < -0.3 is 14.4 Å². The molecule has 0 unspecified atom stereocenters. The minimum absolute atomic E-state index is 0.0662. The molecule has 0 radical (unpaired) electrons. The van der Waals surface area contributed by atoms with Crippen molar-refractivity contribution in [2.75, 3.05) is 40.5 Å². The summed E-state index contributed by atoms with van der Waals surface area (Å²) in [5, 5.41) is 0. The fraction of sp³-hybridized carbons (Fsp3) is 0.786. The number of rotatable bonds is 11. The highest BCUT2D eigenvalue weighted by atomic mass is 16.5. The van der Waals surface area contributed by atoms with Crippen molar-refractivity contribution in [2.24, 2.45) is 0 Å². The molecule has 0 aromatic rings. The maximum absolute atomic E-state index is 12.1. The highest BCUT2D eigenvalue weighted by Gasteiger charge is 2.15. The lowest BCUT2D eigenvalue weighted by atomic mass is 10.1. The number of hydrogen-bond acceptors (Lipinski definition) is 4. The van der Waals surface area contributed by atoms with Crippen molar-refractivity contribution in [3.63, 3.8) is 0 Å². The van der Waals surface area contributed by atoms with E-state index in [1.165, 1.54) is 0 Å². The van der Waals surface area contributed by atoms with Crippen LogP contribution in [0.1, 0.15) is 32.6 Å². The van der Waals surface area contributed by atoms with Gasteiger partial charge in [-0.1, -0.05) is 13.3 Å². The molecule has 0 atom stereocenters. The summed E-state index contributed by atoms with van der Waals surface area (Å²) in [5.74, 6) is 1.83. The number of hydrogen-bond donors (Lipinski definition) is 0. The molecule has 0 aliphatic heterocycles. The molecule has 0 bridgehead atoms. The molecule has 0 heterocycles. The quantitative estimate of drug-likeness (QED) is 0.534. The molecule has 0 fully saturated rings. The molecule has 0 rings (SSSR count). The normalized spacial score (nSPS) is 10.1. The lowest BCUT2D eigenvalue weighted by Gasteiger charge is -2.22. The van der Waals surface area contributed by atoms with Crippen LogP contribution >= 0.6 is 0 Å². The lowest BCUT2D eigenvalue weighted by Crippen LogP contribution is -2.36. The second-order valence-corrected chi connectivity index (χ2v) is 4.35. The molecule has 19 heavy (non-hydrogen) atoms. The van der Waals surface area contributed by atoms with Crippen molar-refractivity contribution in [3.05, 3.63) is 5.57 Å². The van der Waals surface area contributed by atoms with Crippen molar-refractivity contribution < 1.29 is 19.1 Å². The van der Waals surface area contributed by atoms with E-state index < -0.39 is 0 Å². The molecular weight excluding hydrogens is 246 g/mol. The topological polar surface area (TPSA) is 55.8 Å². The standard InChI is InChI=1S/C14H25NO4/c1-4-5-6-13(12-16)11-14(17)15(7-9-18-2)8-10-19-3/h4-11H2,1-3H3. The summed E-state index contributed by atoms with van der Waals surface area (Å²) < 4.78 is 9.96. The van der Waals surface area contributed by atoms with Crippen LogP contribution in [-0.2, 0) is 19.1 Å². The number of ether oxygens (including phenoxy) is 2. The first-order valence-electron chi connectivity index (χ1n) is 6.68. The molecule has 0 saturated carbocycles. The predicted molar refractivity (Wildman–Crippen MR) is 73.7 cm³/mol. The van der Waals surface area contributed by atoms with Gasteiger partial charge in [-0.15, -0.1) is 0 Å². The Kier molecular flexibility index (Phi) is 11.2. The van der Waals surface area contributed by atoms with Gasteiger partial charge in [0, 0.05) is 32.9 Å². The van der Waals surface area contributed by atoms with E-state index in [0.717, 1.165) is 12.8 Å². The van der Waals surface area contributed by atoms with Gasteiger partial charge in [-0.05, 0) is 12.8 Å². The Bertz CT molecular complexity index is 290. The Morgan fingerprint density at radius 2 is 1.74 bits per heavy atom. The van der Waals surface area contributed by atoms with Crippen LogP contribution in [0.25, 0.3) is 0 Å². The maximum Gasteiger partial charge on any atom is 0.227 e. The highest BCUT2D eigenvalue weighted by Crippen LogP contribution is 2.10. The van der Waals surface area contributed by atoms with E-state index in [-0.39, 0.29) is 12.3 Å². The van der Waals surface area contributed by atoms with Gasteiger partial charge in [0.1, 0.15) is 5.94 Å². The molecular formula is C14H25NO4. The first kappa shape index (κ1) is 17.8. The van der Waals surface area contributed by atoms with E-state index >= 15 is 0 Å². The van der Waals surface area contributed by atoms with Gasteiger partial charge in [-0.3, -0.25) is 4.79 Å². The maximum atomic E-state index is 12.1. The van der Waals surface area contributed by atoms with E-state index in [1.54, 1.807) is 19.1 Å². The summed E-state index contributed by atoms with van der Waals surface area (Å²) in [4.78, 5) is 24.6. The van der Waals surface area contributed by atoms with Crippen molar-refractivity contribution in [1.29, 1.82) is 0 Å². The summed E-state index contributed by atoms with van der Waals surface area (Å²) in [6.07, 6.45) is 2.70. The average molecular weight is 271 g/mol. The summed E-state index contributed by atoms with van der Waals surface area (Å²) in [7, 11) is 3.19. The fourth-order valence-electron chi connectivity index (χ4n) is 1.62. The van der Waals surface area contributed by atoms with Gasteiger partial charge in [0.25, 0.3) is 0 Å². The van der Waals surface area contributed by atoms with E-state index in [1.807, 2.05) is 12.9 Å². The third-order valence-corrected chi connectivity index (χ3v) is 2.82. The molecule has 1 amide bonds. The monoisotopic (exact) mass is 271 g/mol. The van der Waals surface area contributed by atoms with E-state index in [2.05, 4.69) is 0 Å². The zero-order valence-electron chi connectivity index (χ0n) is 12.2. The van der Waals surface area contributed by atoms with E-state index in [0.29, 0.717) is 38.3 Å². The molecule has 0 aliphatic carbocycles. The number of carbonyl (C=O) groups is 1. The molecule has 110 valence electrons. The van der Waals surface area contributed by atoms with Crippen molar-refractivity contribution >= 4 is 11.8 Å². The molecule has 5 nitrogen and oxygen atoms in total. The van der Waals surface area contributed by atoms with Crippen LogP contribution in [0.4, 0.5) is 0 Å². The number of carbonyl (C=O) groups excluding carboxylic acids is 2. The van der Waals surface area contributed by atoms with E-state index in [4.69, 9.17) is 9.47 Å². The zero-order valence-corrected chi connectivity index (χ0v) is 12.2. The zero-order chi connectivity index (χ0) is 14.5. The van der Waals surface area contributed by atoms with Gasteiger partial charge in [0.05, 0.1) is 19.6 Å². The predicted octanol–water partition coefficient (Wildman–Crippen LogP) is 1.45. The van der Waals surface area contributed by atoms with Gasteiger partial charge in [0.15, 0.2) is 0 Å². The molecule has 5 heteroatoms. The Labute approximate surface area is 115 Å². The number of methoxy groups -OCH3 is 2. The van der Waals surface area contributed by atoms with E-state index in [9.17, 15) is 9.59 Å². The average Bonchev–Trinajstić information content (AvgIpc) is 2.43. The second kappa shape index (κ2) is 11.9. The lowest BCUT2D eigenvalue weighted by molar-refractivity contribution is -0.131. The largest absolute Gasteiger partial charge is 0.383 e. The minimum atomic E-state index is -0.0662. The van der Waals surface area contributed by atoms with Crippen molar-refractivity contribution in [1.82, 2.24) is 4.90 Å². The summed E-state index contributed by atoms with van der Waals surface area (Å²) in [5.41, 5.74) is 0.548. The van der Waals surface area contributed by atoms with Crippen molar-refractivity contribution in [2.45, 2.75) is 32.6 Å². The summed E-state index contributed by atoms with van der Waals surface area (Å²) in [6.45, 7) is 4.03. The molecule has 0 aliphatic rings. The van der Waals surface area contributed by atoms with Crippen LogP contribution in [0.5, 0.6) is 0 Å². The Hall–Kier alpha value is -1.16. The molecule has 0 spiro atoms. The highest BCUT2D eigenvalue weighted by molar-refractivity contribution is 5.81. The minimum Gasteiger partial charge on any atom is -0.383 e. The summed E-state index contributed by atoms with van der Waals surface area (Å²) in [6, 6.07) is 0. The van der Waals surface area contributed by atoms with Crippen molar-refractivity contribution in [3.8, 4) is 0 Å². The molecule has 0 saturated heterocycles. The Morgan fingerprint density at radius 1 is 1.16 bits per heavy atom. The number of nitrogens with zero attached hydrogens (tertiary/aromatic N) is 1. The van der Waals surface area contributed by atoms with Gasteiger partial charge >= 0.3 is 0 Å². The van der Waals surface area contributed by atoms with Crippen LogP contribution in [0.3, 0.4) is 0 Å². The second-order valence-electron chi connectivity index (χ2n) is 4.35. The number of amides is 1. The number of unbranched alkanes of at least 4 members (excludes halogenated alkanes) is 1. The van der Waals surface area contributed by atoms with Gasteiger partial charge in [0.2, 0.25) is 5.91 Å². The van der Waals surface area contributed by atoms with Gasteiger partial charge in [-0.25, -0.2) is 4.79 Å². The Balaban J connectivity index is 4.38.